The van der Waals surface area contributed by atoms with Crippen LogP contribution in [0.3, 0.4) is 0 Å². The molecule has 0 aliphatic rings. The minimum Gasteiger partial charge on any atom is -0.490 e. The molecule has 2 rings (SSSR count). The normalized spacial score (nSPS) is 12.6. The Morgan fingerprint density at radius 2 is 1.92 bits per heavy atom. The fourth-order valence-corrected chi connectivity index (χ4v) is 2.49. The summed E-state index contributed by atoms with van der Waals surface area (Å²) in [6.45, 7) is 9.57. The average Bonchev–Trinajstić information content (AvgIpc) is 2.63. The lowest BCUT2D eigenvalue weighted by atomic mass is 10.1. The lowest BCUT2D eigenvalue weighted by molar-refractivity contribution is 0.215. The van der Waals surface area contributed by atoms with Crippen molar-refractivity contribution in [3.63, 3.8) is 0 Å². The molecule has 1 aromatic heterocycles. The third-order valence-electron chi connectivity index (χ3n) is 4.18. The van der Waals surface area contributed by atoms with Gasteiger partial charge in [-0.25, -0.2) is 0 Å². The van der Waals surface area contributed by atoms with Crippen molar-refractivity contribution in [1.82, 2.24) is 15.6 Å². The largest absolute Gasteiger partial charge is 0.490 e. The number of aryl methyl sites for hydroxylation is 2. The van der Waals surface area contributed by atoms with Gasteiger partial charge in [0.25, 0.3) is 0 Å². The molecule has 1 heterocycles. The van der Waals surface area contributed by atoms with Crippen LogP contribution in [0.25, 0.3) is 0 Å². The van der Waals surface area contributed by atoms with Gasteiger partial charge in [0.2, 0.25) is 0 Å². The van der Waals surface area contributed by atoms with E-state index in [1.54, 1.807) is 7.05 Å². The highest BCUT2D eigenvalue weighted by atomic mass is 16.5. The first-order valence-electron chi connectivity index (χ1n) is 9.15. The molecule has 0 bridgehead atoms. The van der Waals surface area contributed by atoms with E-state index in [4.69, 9.17) is 4.74 Å². The number of benzene rings is 1. The van der Waals surface area contributed by atoms with Crippen LogP contribution in [-0.2, 0) is 13.1 Å². The van der Waals surface area contributed by atoms with Crippen molar-refractivity contribution in [2.45, 2.75) is 53.3 Å². The van der Waals surface area contributed by atoms with Gasteiger partial charge in [-0.1, -0.05) is 25.1 Å². The van der Waals surface area contributed by atoms with Crippen molar-refractivity contribution < 1.29 is 4.74 Å². The molecule has 5 nitrogen and oxygen atoms in total. The van der Waals surface area contributed by atoms with Gasteiger partial charge in [0.15, 0.2) is 5.96 Å². The molecule has 0 spiro atoms. The van der Waals surface area contributed by atoms with Gasteiger partial charge in [-0.2, -0.15) is 0 Å². The van der Waals surface area contributed by atoms with Crippen molar-refractivity contribution in [3.05, 3.63) is 58.9 Å². The molecule has 5 heteroatoms. The standard InChI is InChI=1S/C21H30N4O/c1-6-17(4)26-20-12-15(2)10-11-18(20)13-23-21(22-5)24-14-19-9-7-8-16(3)25-19/h7-12,17H,6,13-14H2,1-5H3,(H2,22,23,24). The molecular formula is C21H30N4O. The van der Waals surface area contributed by atoms with Gasteiger partial charge < -0.3 is 15.4 Å². The second kappa shape index (κ2) is 9.80. The van der Waals surface area contributed by atoms with Gasteiger partial charge in [-0.15, -0.1) is 0 Å². The number of pyridine rings is 1. The van der Waals surface area contributed by atoms with Crippen LogP contribution in [0, 0.1) is 13.8 Å². The maximum atomic E-state index is 6.07. The molecule has 0 radical (unpaired) electrons. The summed E-state index contributed by atoms with van der Waals surface area (Å²) in [5.41, 5.74) is 4.32. The van der Waals surface area contributed by atoms with Crippen molar-refractivity contribution >= 4 is 5.96 Å². The molecule has 140 valence electrons. The van der Waals surface area contributed by atoms with Gasteiger partial charge in [0.1, 0.15) is 5.75 Å². The summed E-state index contributed by atoms with van der Waals surface area (Å²) in [7, 11) is 1.77. The molecule has 1 unspecified atom stereocenters. The third-order valence-corrected chi connectivity index (χ3v) is 4.18. The lowest BCUT2D eigenvalue weighted by Crippen LogP contribution is -2.36. The van der Waals surface area contributed by atoms with E-state index in [0.717, 1.165) is 35.1 Å². The number of ether oxygens (including phenoxy) is 1. The van der Waals surface area contributed by atoms with E-state index in [9.17, 15) is 0 Å². The first-order valence-corrected chi connectivity index (χ1v) is 9.15. The zero-order valence-corrected chi connectivity index (χ0v) is 16.5. The number of guanidine groups is 1. The Morgan fingerprint density at radius 1 is 1.15 bits per heavy atom. The van der Waals surface area contributed by atoms with Crippen molar-refractivity contribution in [2.24, 2.45) is 4.99 Å². The summed E-state index contributed by atoms with van der Waals surface area (Å²) in [5, 5.41) is 6.65. The number of nitrogens with zero attached hydrogens (tertiary/aromatic N) is 2. The summed E-state index contributed by atoms with van der Waals surface area (Å²) in [6.07, 6.45) is 1.17. The van der Waals surface area contributed by atoms with Crippen LogP contribution in [0.15, 0.2) is 41.4 Å². The van der Waals surface area contributed by atoms with Gasteiger partial charge in [-0.05, 0) is 51.0 Å². The molecular weight excluding hydrogens is 324 g/mol. The summed E-state index contributed by atoms with van der Waals surface area (Å²) in [4.78, 5) is 8.79. The number of aliphatic imine (C=N–C) groups is 1. The predicted octanol–water partition coefficient (Wildman–Crippen LogP) is 3.74. The first kappa shape index (κ1) is 19.8. The Balaban J connectivity index is 1.97. The Bertz CT molecular complexity index is 743. The average molecular weight is 354 g/mol. The van der Waals surface area contributed by atoms with Gasteiger partial charge in [-0.3, -0.25) is 9.98 Å². The highest BCUT2D eigenvalue weighted by Gasteiger charge is 2.09. The summed E-state index contributed by atoms with van der Waals surface area (Å²) >= 11 is 0. The van der Waals surface area contributed by atoms with Crippen LogP contribution in [0.1, 0.15) is 42.8 Å². The van der Waals surface area contributed by atoms with Crippen LogP contribution < -0.4 is 15.4 Å². The molecule has 2 N–H and O–H groups in total. The van der Waals surface area contributed by atoms with Crippen molar-refractivity contribution in [1.29, 1.82) is 0 Å². The van der Waals surface area contributed by atoms with E-state index in [2.05, 4.69) is 59.6 Å². The Morgan fingerprint density at radius 3 is 2.62 bits per heavy atom. The maximum absolute atomic E-state index is 6.07. The predicted molar refractivity (Wildman–Crippen MR) is 108 cm³/mol. The fraction of sp³-hybridized carbons (Fsp3) is 0.429. The van der Waals surface area contributed by atoms with Gasteiger partial charge >= 0.3 is 0 Å². The van der Waals surface area contributed by atoms with E-state index in [1.165, 1.54) is 5.56 Å². The summed E-state index contributed by atoms with van der Waals surface area (Å²) in [6, 6.07) is 12.3. The van der Waals surface area contributed by atoms with Gasteiger partial charge in [0.05, 0.1) is 18.3 Å². The molecule has 0 aliphatic heterocycles. The van der Waals surface area contributed by atoms with Gasteiger partial charge in [0, 0.05) is 24.8 Å². The zero-order chi connectivity index (χ0) is 18.9. The van der Waals surface area contributed by atoms with E-state index < -0.39 is 0 Å². The second-order valence-corrected chi connectivity index (χ2v) is 6.50. The van der Waals surface area contributed by atoms with Crippen LogP contribution in [0.5, 0.6) is 5.75 Å². The molecule has 0 saturated carbocycles. The molecule has 1 aromatic carbocycles. The molecule has 2 aromatic rings. The quantitative estimate of drug-likeness (QED) is 0.587. The van der Waals surface area contributed by atoms with Crippen LogP contribution in [-0.4, -0.2) is 24.1 Å². The lowest BCUT2D eigenvalue weighted by Gasteiger charge is -2.18. The number of hydrogen-bond donors (Lipinski definition) is 2. The number of nitrogens with one attached hydrogen (secondary N) is 2. The minimum absolute atomic E-state index is 0.195. The second-order valence-electron chi connectivity index (χ2n) is 6.50. The van der Waals surface area contributed by atoms with E-state index >= 15 is 0 Å². The SMILES string of the molecule is CCC(C)Oc1cc(C)ccc1CNC(=NC)NCc1cccc(C)n1. The van der Waals surface area contributed by atoms with E-state index in [0.29, 0.717) is 13.1 Å². The highest BCUT2D eigenvalue weighted by molar-refractivity contribution is 5.79. The summed E-state index contributed by atoms with van der Waals surface area (Å²) < 4.78 is 6.07. The smallest absolute Gasteiger partial charge is 0.191 e. The molecule has 26 heavy (non-hydrogen) atoms. The third kappa shape index (κ3) is 6.06. The van der Waals surface area contributed by atoms with E-state index in [1.807, 2.05) is 25.1 Å². The molecule has 0 amide bonds. The monoisotopic (exact) mass is 354 g/mol. The molecule has 0 saturated heterocycles. The highest BCUT2D eigenvalue weighted by Crippen LogP contribution is 2.22. The Labute approximate surface area is 156 Å². The topological polar surface area (TPSA) is 58.5 Å². The van der Waals surface area contributed by atoms with Crippen LogP contribution in [0.2, 0.25) is 0 Å². The van der Waals surface area contributed by atoms with Crippen molar-refractivity contribution in [2.75, 3.05) is 7.05 Å². The molecule has 0 fully saturated rings. The minimum atomic E-state index is 0.195. The molecule has 1 atom stereocenters. The van der Waals surface area contributed by atoms with Crippen LogP contribution >= 0.6 is 0 Å². The number of aromatic nitrogens is 1. The Hall–Kier alpha value is -2.56. The zero-order valence-electron chi connectivity index (χ0n) is 16.5. The fourth-order valence-electron chi connectivity index (χ4n) is 2.49. The summed E-state index contributed by atoms with van der Waals surface area (Å²) in [5.74, 6) is 1.67. The number of hydrogen-bond acceptors (Lipinski definition) is 3. The van der Waals surface area contributed by atoms with E-state index in [-0.39, 0.29) is 6.10 Å². The van der Waals surface area contributed by atoms with Crippen molar-refractivity contribution in [3.8, 4) is 5.75 Å². The van der Waals surface area contributed by atoms with Crippen LogP contribution in [0.4, 0.5) is 0 Å². The molecule has 0 aliphatic carbocycles. The Kier molecular flexibility index (Phi) is 7.45. The number of rotatable bonds is 7. The first-order chi connectivity index (χ1) is 12.5. The maximum Gasteiger partial charge on any atom is 0.191 e.